The average Bonchev–Trinajstić information content (AvgIpc) is 3.38. The Hall–Kier alpha value is -2.71. The number of pyridine rings is 1. The highest BCUT2D eigenvalue weighted by Crippen LogP contribution is 2.38. The van der Waals surface area contributed by atoms with Gasteiger partial charge in [0.25, 0.3) is 0 Å². The van der Waals surface area contributed by atoms with Crippen LogP contribution in [0.2, 0.25) is 0 Å². The summed E-state index contributed by atoms with van der Waals surface area (Å²) >= 11 is 3.93. The van der Waals surface area contributed by atoms with Crippen molar-refractivity contribution in [3.05, 3.63) is 82.8 Å². The van der Waals surface area contributed by atoms with Crippen molar-refractivity contribution in [1.29, 1.82) is 0 Å². The first kappa shape index (κ1) is 17.4. The molecule has 2 aromatic carbocycles. The highest BCUT2D eigenvalue weighted by Gasteiger charge is 2.13. The fourth-order valence-electron chi connectivity index (χ4n) is 2.97. The Labute approximate surface area is 179 Å². The molecule has 136 valence electrons. The first-order valence-corrected chi connectivity index (χ1v) is 10.6. The molecule has 4 nitrogen and oxygen atoms in total. The Kier molecular flexibility index (Phi) is 4.58. The number of nitrogens with one attached hydrogen (secondary N) is 1. The van der Waals surface area contributed by atoms with Crippen molar-refractivity contribution in [3.8, 4) is 33.5 Å². The molecule has 28 heavy (non-hydrogen) atoms. The van der Waals surface area contributed by atoms with Gasteiger partial charge in [-0.15, -0.1) is 11.3 Å². The van der Waals surface area contributed by atoms with Gasteiger partial charge in [0, 0.05) is 15.2 Å². The van der Waals surface area contributed by atoms with Gasteiger partial charge in [0.15, 0.2) is 5.75 Å². The number of benzene rings is 2. The van der Waals surface area contributed by atoms with Crippen LogP contribution in [0.15, 0.2) is 79.3 Å². The van der Waals surface area contributed by atoms with Gasteiger partial charge in [0.1, 0.15) is 11.6 Å². The second kappa shape index (κ2) is 7.37. The maximum absolute atomic E-state index is 6.08. The summed E-state index contributed by atoms with van der Waals surface area (Å²) in [5.74, 6) is 2.39. The van der Waals surface area contributed by atoms with Crippen LogP contribution in [-0.2, 0) is 0 Å². The highest BCUT2D eigenvalue weighted by atomic mass is 127. The van der Waals surface area contributed by atoms with E-state index in [1.165, 1.54) is 3.57 Å². The van der Waals surface area contributed by atoms with Crippen molar-refractivity contribution in [2.24, 2.45) is 0 Å². The summed E-state index contributed by atoms with van der Waals surface area (Å²) in [5.41, 5.74) is 2.12. The van der Waals surface area contributed by atoms with Gasteiger partial charge < -0.3 is 9.72 Å². The fourth-order valence-corrected chi connectivity index (χ4v) is 4.33. The first-order chi connectivity index (χ1) is 13.8. The van der Waals surface area contributed by atoms with Crippen molar-refractivity contribution in [3.63, 3.8) is 0 Å². The van der Waals surface area contributed by atoms with Crippen LogP contribution in [-0.4, -0.2) is 15.0 Å². The first-order valence-electron chi connectivity index (χ1n) is 8.68. The van der Waals surface area contributed by atoms with E-state index in [-0.39, 0.29) is 0 Å². The Morgan fingerprint density at radius 2 is 1.75 bits per heavy atom. The number of fused-ring (bicyclic) bond motifs is 1. The molecule has 0 aliphatic carbocycles. The molecular weight excluding hydrogens is 481 g/mol. The van der Waals surface area contributed by atoms with Gasteiger partial charge >= 0.3 is 0 Å². The molecule has 5 rings (SSSR count). The van der Waals surface area contributed by atoms with Crippen LogP contribution >= 0.6 is 33.9 Å². The van der Waals surface area contributed by atoms with Crippen LogP contribution in [0.1, 0.15) is 0 Å². The number of hydrogen-bond donors (Lipinski definition) is 1. The largest absolute Gasteiger partial charge is 0.455 e. The van der Waals surface area contributed by atoms with Crippen molar-refractivity contribution in [2.75, 3.05) is 0 Å². The lowest BCUT2D eigenvalue weighted by atomic mass is 10.2. The Morgan fingerprint density at radius 3 is 2.57 bits per heavy atom. The molecule has 0 bridgehead atoms. The van der Waals surface area contributed by atoms with Crippen molar-refractivity contribution >= 4 is 44.0 Å². The Morgan fingerprint density at radius 1 is 0.929 bits per heavy atom. The number of aromatic amines is 1. The summed E-state index contributed by atoms with van der Waals surface area (Å²) in [7, 11) is 0. The van der Waals surface area contributed by atoms with E-state index in [0.717, 1.165) is 43.5 Å². The lowest BCUT2D eigenvalue weighted by Crippen LogP contribution is -1.85. The minimum atomic E-state index is 0.746. The van der Waals surface area contributed by atoms with Gasteiger partial charge in [-0.2, -0.15) is 0 Å². The number of H-pyrrole nitrogens is 1. The number of imidazole rings is 1. The van der Waals surface area contributed by atoms with E-state index in [2.05, 4.69) is 55.7 Å². The molecule has 3 heterocycles. The van der Waals surface area contributed by atoms with Crippen LogP contribution < -0.4 is 4.74 Å². The lowest BCUT2D eigenvalue weighted by molar-refractivity contribution is 0.486. The molecule has 3 aromatic heterocycles. The molecule has 1 N–H and O–H groups in total. The second-order valence-electron chi connectivity index (χ2n) is 6.23. The van der Waals surface area contributed by atoms with Crippen LogP contribution in [0.25, 0.3) is 32.0 Å². The van der Waals surface area contributed by atoms with Crippen LogP contribution in [0, 0.1) is 3.57 Å². The van der Waals surface area contributed by atoms with E-state index in [9.17, 15) is 0 Å². The average molecular weight is 495 g/mol. The standard InChI is InChI=1S/C22H14IN3OS/c23-15-6-8-16(9-7-15)27-19-12-24-13-21-17(19)10-20(28-21)22-25-11-18(26-22)14-4-2-1-3-5-14/h1-13H,(H,25,26). The number of nitrogens with zero attached hydrogens (tertiary/aromatic N) is 2. The van der Waals surface area contributed by atoms with Crippen molar-refractivity contribution in [2.45, 2.75) is 0 Å². The van der Waals surface area contributed by atoms with E-state index in [0.29, 0.717) is 0 Å². The molecule has 0 aliphatic heterocycles. The number of aromatic nitrogens is 3. The van der Waals surface area contributed by atoms with E-state index < -0.39 is 0 Å². The molecule has 5 aromatic rings. The molecule has 6 heteroatoms. The van der Waals surface area contributed by atoms with Crippen molar-refractivity contribution < 1.29 is 4.74 Å². The number of ether oxygens (including phenoxy) is 1. The quantitative estimate of drug-likeness (QED) is 0.281. The zero-order valence-corrected chi connectivity index (χ0v) is 17.6. The predicted molar refractivity (Wildman–Crippen MR) is 122 cm³/mol. The lowest BCUT2D eigenvalue weighted by Gasteiger charge is -2.06. The molecule has 0 saturated carbocycles. The summed E-state index contributed by atoms with van der Waals surface area (Å²) in [6.45, 7) is 0. The summed E-state index contributed by atoms with van der Waals surface area (Å²) in [6.07, 6.45) is 5.50. The molecule has 0 saturated heterocycles. The van der Waals surface area contributed by atoms with E-state index in [1.807, 2.05) is 54.9 Å². The smallest absolute Gasteiger partial charge is 0.154 e. The number of halogens is 1. The number of thiophene rings is 1. The number of rotatable bonds is 4. The van der Waals surface area contributed by atoms with Gasteiger partial charge in [-0.05, 0) is 58.5 Å². The maximum atomic E-state index is 6.08. The van der Waals surface area contributed by atoms with E-state index in [1.54, 1.807) is 17.5 Å². The van der Waals surface area contributed by atoms with Crippen LogP contribution in [0.5, 0.6) is 11.5 Å². The SMILES string of the molecule is Ic1ccc(Oc2cncc3sc(-c4ncc(-c5ccccc5)[nH]4)cc23)cc1. The zero-order chi connectivity index (χ0) is 18.9. The molecule has 0 atom stereocenters. The normalized spacial score (nSPS) is 11.0. The van der Waals surface area contributed by atoms with E-state index >= 15 is 0 Å². The third-order valence-corrected chi connectivity index (χ3v) is 6.14. The molecule has 0 unspecified atom stereocenters. The van der Waals surface area contributed by atoms with Crippen LogP contribution in [0.3, 0.4) is 0 Å². The van der Waals surface area contributed by atoms with Crippen molar-refractivity contribution in [1.82, 2.24) is 15.0 Å². The molecule has 0 fully saturated rings. The topological polar surface area (TPSA) is 50.8 Å². The number of hydrogen-bond acceptors (Lipinski definition) is 4. The monoisotopic (exact) mass is 495 g/mol. The Balaban J connectivity index is 1.50. The molecule has 0 amide bonds. The van der Waals surface area contributed by atoms with Crippen LogP contribution in [0.4, 0.5) is 0 Å². The molecule has 0 spiro atoms. The molecule has 0 radical (unpaired) electrons. The zero-order valence-electron chi connectivity index (χ0n) is 14.6. The van der Waals surface area contributed by atoms with Gasteiger partial charge in [-0.25, -0.2) is 4.98 Å². The van der Waals surface area contributed by atoms with Gasteiger partial charge in [0.2, 0.25) is 0 Å². The molecular formula is C22H14IN3OS. The predicted octanol–water partition coefficient (Wildman–Crippen LogP) is 6.75. The minimum absolute atomic E-state index is 0.746. The highest BCUT2D eigenvalue weighted by molar-refractivity contribution is 14.1. The fraction of sp³-hybridized carbons (Fsp3) is 0. The summed E-state index contributed by atoms with van der Waals surface area (Å²) < 4.78 is 8.32. The Bertz CT molecular complexity index is 1250. The molecule has 0 aliphatic rings. The minimum Gasteiger partial charge on any atom is -0.455 e. The summed E-state index contributed by atoms with van der Waals surface area (Å²) in [5, 5.41) is 1.03. The van der Waals surface area contributed by atoms with Gasteiger partial charge in [-0.3, -0.25) is 4.98 Å². The van der Waals surface area contributed by atoms with Gasteiger partial charge in [-0.1, -0.05) is 30.3 Å². The summed E-state index contributed by atoms with van der Waals surface area (Å²) in [6, 6.07) is 20.3. The third-order valence-electron chi connectivity index (χ3n) is 4.35. The second-order valence-corrected chi connectivity index (χ2v) is 8.56. The summed E-state index contributed by atoms with van der Waals surface area (Å²) in [4.78, 5) is 13.4. The third kappa shape index (κ3) is 3.41. The van der Waals surface area contributed by atoms with E-state index in [4.69, 9.17) is 4.74 Å². The van der Waals surface area contributed by atoms with Gasteiger partial charge in [0.05, 0.1) is 27.7 Å². The maximum Gasteiger partial charge on any atom is 0.154 e.